The molecule has 1 fully saturated rings. The van der Waals surface area contributed by atoms with Crippen molar-refractivity contribution in [2.75, 3.05) is 7.11 Å². The molecule has 4 aromatic rings. The second-order valence-corrected chi connectivity index (χ2v) is 8.06. The monoisotopic (exact) mass is 431 g/mol. The maximum atomic E-state index is 13.7. The average molecular weight is 431 g/mol. The smallest absolute Gasteiger partial charge is 0.231 e. The summed E-state index contributed by atoms with van der Waals surface area (Å²) in [5.41, 5.74) is 2.37. The molecule has 1 amide bonds. The van der Waals surface area contributed by atoms with Gasteiger partial charge in [0.1, 0.15) is 17.9 Å². The third-order valence-corrected chi connectivity index (χ3v) is 5.93. The van der Waals surface area contributed by atoms with Gasteiger partial charge in [0.05, 0.1) is 24.3 Å². The summed E-state index contributed by atoms with van der Waals surface area (Å²) in [7, 11) is 1.63. The van der Waals surface area contributed by atoms with Gasteiger partial charge in [-0.05, 0) is 61.7 Å². The molecule has 0 radical (unpaired) electrons. The highest BCUT2D eigenvalue weighted by molar-refractivity contribution is 5.91. The van der Waals surface area contributed by atoms with Gasteiger partial charge in [-0.1, -0.05) is 12.1 Å². The first-order chi connectivity index (χ1) is 15.5. The van der Waals surface area contributed by atoms with Gasteiger partial charge < -0.3 is 10.1 Å². The van der Waals surface area contributed by atoms with Gasteiger partial charge >= 0.3 is 0 Å². The van der Waals surface area contributed by atoms with Crippen LogP contribution in [0, 0.1) is 5.82 Å². The van der Waals surface area contributed by atoms with Crippen LogP contribution in [0.25, 0.3) is 16.9 Å². The van der Waals surface area contributed by atoms with Crippen molar-refractivity contribution in [3.8, 4) is 17.0 Å². The highest BCUT2D eigenvalue weighted by Crippen LogP contribution is 2.48. The molecule has 2 heterocycles. The molecule has 32 heavy (non-hydrogen) atoms. The molecule has 0 saturated heterocycles. The molecule has 1 atom stereocenters. The first-order valence-electron chi connectivity index (χ1n) is 10.4. The Hall–Kier alpha value is -3.81. The zero-order valence-corrected chi connectivity index (χ0v) is 17.7. The molecule has 1 N–H and O–H groups in total. The number of nitrogens with zero attached hydrogens (tertiary/aromatic N) is 4. The lowest BCUT2D eigenvalue weighted by Crippen LogP contribution is -2.36. The van der Waals surface area contributed by atoms with Gasteiger partial charge in [-0.25, -0.2) is 18.9 Å². The maximum Gasteiger partial charge on any atom is 0.231 e. The normalized spacial score (nSPS) is 15.3. The van der Waals surface area contributed by atoms with Gasteiger partial charge in [0.15, 0.2) is 11.5 Å². The lowest BCUT2D eigenvalue weighted by Gasteiger charge is -2.18. The fourth-order valence-corrected chi connectivity index (χ4v) is 3.87. The molecule has 8 heteroatoms. The molecule has 1 aliphatic rings. The van der Waals surface area contributed by atoms with Crippen molar-refractivity contribution >= 4 is 11.6 Å². The summed E-state index contributed by atoms with van der Waals surface area (Å²) < 4.78 is 20.4. The maximum absolute atomic E-state index is 13.7. The number of rotatable bonds is 6. The third-order valence-electron chi connectivity index (χ3n) is 5.93. The number of hydrogen-bond donors (Lipinski definition) is 1. The number of halogens is 1. The molecule has 0 aliphatic heterocycles. The molecule has 162 valence electrons. The van der Waals surface area contributed by atoms with E-state index in [2.05, 4.69) is 20.4 Å². The molecule has 1 aliphatic carbocycles. The predicted molar refractivity (Wildman–Crippen MR) is 117 cm³/mol. The van der Waals surface area contributed by atoms with Gasteiger partial charge in [-0.2, -0.15) is 0 Å². The number of carbonyl (C=O) groups is 1. The Morgan fingerprint density at radius 2 is 1.97 bits per heavy atom. The van der Waals surface area contributed by atoms with Gasteiger partial charge in [-0.3, -0.25) is 4.79 Å². The second kappa shape index (κ2) is 7.71. The Balaban J connectivity index is 1.35. The number of carbonyl (C=O) groups excluding carboxylic acids is 1. The van der Waals surface area contributed by atoms with Crippen LogP contribution in [0.5, 0.6) is 5.75 Å². The van der Waals surface area contributed by atoms with Gasteiger partial charge in [0.2, 0.25) is 5.91 Å². The summed E-state index contributed by atoms with van der Waals surface area (Å²) in [6.45, 7) is 1.84. The molecule has 7 nitrogen and oxygen atoms in total. The molecular formula is C24H22FN5O2. The first kappa shape index (κ1) is 20.1. The van der Waals surface area contributed by atoms with E-state index in [-0.39, 0.29) is 11.7 Å². The van der Waals surface area contributed by atoms with Gasteiger partial charge in [-0.15, -0.1) is 5.10 Å². The molecule has 0 spiro atoms. The lowest BCUT2D eigenvalue weighted by atomic mass is 9.94. The molecule has 0 bridgehead atoms. The summed E-state index contributed by atoms with van der Waals surface area (Å²) in [5, 5.41) is 7.47. The topological polar surface area (TPSA) is 81.4 Å². The average Bonchev–Trinajstić information content (AvgIpc) is 3.52. The van der Waals surface area contributed by atoms with Crippen molar-refractivity contribution in [2.24, 2.45) is 0 Å². The van der Waals surface area contributed by atoms with Gasteiger partial charge in [0.25, 0.3) is 0 Å². The summed E-state index contributed by atoms with van der Waals surface area (Å²) in [4.78, 5) is 22.1. The van der Waals surface area contributed by atoms with E-state index in [0.29, 0.717) is 29.9 Å². The lowest BCUT2D eigenvalue weighted by molar-refractivity contribution is -0.124. The van der Waals surface area contributed by atoms with Crippen LogP contribution >= 0.6 is 0 Å². The zero-order chi connectivity index (χ0) is 22.3. The van der Waals surface area contributed by atoms with Crippen molar-refractivity contribution in [3.63, 3.8) is 0 Å². The van der Waals surface area contributed by atoms with Crippen molar-refractivity contribution in [1.29, 1.82) is 0 Å². The summed E-state index contributed by atoms with van der Waals surface area (Å²) in [5.74, 6) is 0.793. The summed E-state index contributed by atoms with van der Waals surface area (Å²) in [6, 6.07) is 15.3. The van der Waals surface area contributed by atoms with Crippen LogP contribution in [-0.2, 0) is 10.2 Å². The largest absolute Gasteiger partial charge is 0.497 e. The molecular weight excluding hydrogens is 409 g/mol. The minimum Gasteiger partial charge on any atom is -0.497 e. The number of aromatic nitrogens is 4. The van der Waals surface area contributed by atoms with E-state index in [9.17, 15) is 9.18 Å². The summed E-state index contributed by atoms with van der Waals surface area (Å²) >= 11 is 0. The van der Waals surface area contributed by atoms with Crippen LogP contribution in [0.3, 0.4) is 0 Å². The number of methoxy groups -OCH3 is 1. The van der Waals surface area contributed by atoms with Crippen LogP contribution in [0.2, 0.25) is 0 Å². The zero-order valence-electron chi connectivity index (χ0n) is 17.7. The van der Waals surface area contributed by atoms with Crippen LogP contribution in [0.4, 0.5) is 4.39 Å². The fourth-order valence-electron chi connectivity index (χ4n) is 3.87. The second-order valence-electron chi connectivity index (χ2n) is 8.06. The van der Waals surface area contributed by atoms with Crippen LogP contribution in [-0.4, -0.2) is 32.6 Å². The van der Waals surface area contributed by atoms with Gasteiger partial charge in [0, 0.05) is 11.6 Å². The Morgan fingerprint density at radius 1 is 1.19 bits per heavy atom. The van der Waals surface area contributed by atoms with Crippen LogP contribution < -0.4 is 10.1 Å². The standard InChI is InChI=1S/C24H22FN5O2/c1-15(27-23(31)24(10-11-24)17-4-3-5-18(25)12-17)22-28-21-13-20(26-14-30(21)29-22)16-6-8-19(32-2)9-7-16/h3-9,12-15H,10-11H2,1-2H3,(H,27,31)/t15-/m1/s1. The Kier molecular flexibility index (Phi) is 4.84. The van der Waals surface area contributed by atoms with Crippen molar-refractivity contribution in [1.82, 2.24) is 24.9 Å². The molecule has 2 aromatic heterocycles. The Morgan fingerprint density at radius 3 is 2.66 bits per heavy atom. The first-order valence-corrected chi connectivity index (χ1v) is 10.4. The highest BCUT2D eigenvalue weighted by atomic mass is 19.1. The highest BCUT2D eigenvalue weighted by Gasteiger charge is 2.51. The van der Waals surface area contributed by atoms with Crippen molar-refractivity contribution in [3.05, 3.63) is 78.1 Å². The van der Waals surface area contributed by atoms with E-state index < -0.39 is 11.5 Å². The van der Waals surface area contributed by atoms with E-state index in [1.807, 2.05) is 37.3 Å². The van der Waals surface area contributed by atoms with Crippen molar-refractivity contribution in [2.45, 2.75) is 31.2 Å². The third kappa shape index (κ3) is 3.57. The fraction of sp³-hybridized carbons (Fsp3) is 0.250. The van der Waals surface area contributed by atoms with E-state index in [4.69, 9.17) is 4.74 Å². The molecule has 0 unspecified atom stereocenters. The number of fused-ring (bicyclic) bond motifs is 1. The van der Waals surface area contributed by atoms with Crippen molar-refractivity contribution < 1.29 is 13.9 Å². The van der Waals surface area contributed by atoms with E-state index >= 15 is 0 Å². The number of nitrogens with one attached hydrogen (secondary N) is 1. The van der Waals surface area contributed by atoms with Crippen LogP contribution in [0.15, 0.2) is 60.9 Å². The molecule has 2 aromatic carbocycles. The Labute approximate surface area is 184 Å². The van der Waals surface area contributed by atoms with E-state index in [1.165, 1.54) is 12.1 Å². The molecule has 5 rings (SSSR count). The molecule has 1 saturated carbocycles. The number of hydrogen-bond acceptors (Lipinski definition) is 5. The minimum absolute atomic E-state index is 0.133. The van der Waals surface area contributed by atoms with E-state index in [0.717, 1.165) is 17.0 Å². The quantitative estimate of drug-likeness (QED) is 0.502. The predicted octanol–water partition coefficient (Wildman–Crippen LogP) is 3.85. The minimum atomic E-state index is -0.668. The number of benzene rings is 2. The summed E-state index contributed by atoms with van der Waals surface area (Å²) in [6.07, 6.45) is 3.00. The number of amides is 1. The number of ether oxygens (including phenoxy) is 1. The van der Waals surface area contributed by atoms with Crippen LogP contribution in [0.1, 0.15) is 37.2 Å². The SMILES string of the molecule is COc1ccc(-c2cc3nc([C@@H](C)NC(=O)C4(c5cccc(F)c5)CC4)nn3cn2)cc1. The van der Waals surface area contributed by atoms with E-state index in [1.54, 1.807) is 30.1 Å². The Bertz CT molecular complexity index is 1300.